The van der Waals surface area contributed by atoms with Crippen LogP contribution in [0.2, 0.25) is 0 Å². The van der Waals surface area contributed by atoms with Gasteiger partial charge < -0.3 is 39.6 Å². The second-order valence-electron chi connectivity index (χ2n) is 12.2. The average Bonchev–Trinajstić information content (AvgIpc) is 3.09. The first-order chi connectivity index (χ1) is 25.0. The molecule has 0 fully saturated rings. The molecule has 21 heteroatoms. The van der Waals surface area contributed by atoms with Gasteiger partial charge in [-0.3, -0.25) is 19.2 Å². The lowest BCUT2D eigenvalue weighted by Crippen LogP contribution is -2.54. The largest absolute Gasteiger partial charge is 0.460 e. The van der Waals surface area contributed by atoms with Crippen molar-refractivity contribution in [3.05, 3.63) is 31.3 Å². The van der Waals surface area contributed by atoms with E-state index in [1.54, 1.807) is 0 Å². The standard InChI is InChI=1S/C31H56N12O9/c1-31(2,3)52-28(45)12-17-48-19-21-50-23-24-51-22-20-49-18-16-35-29(46)25(9-4-6-13-36-41-32)40-30(47)26(10-5-7-14-37-42-33)39-27(44)11-8-15-38-43-34/h25-26H,4-24H2,1-3H3,(H,35,46)(H,39,44)(H,40,47)/t25-,26-/m0/s1. The summed E-state index contributed by atoms with van der Waals surface area (Å²) in [5, 5.41) is 18.5. The summed E-state index contributed by atoms with van der Waals surface area (Å²) in [6.45, 7) is 8.67. The smallest absolute Gasteiger partial charge is 0.308 e. The molecule has 0 aromatic rings. The highest BCUT2D eigenvalue weighted by Crippen LogP contribution is 2.09. The number of carbonyl (C=O) groups excluding carboxylic acids is 4. The van der Waals surface area contributed by atoms with Crippen molar-refractivity contribution < 1.29 is 42.9 Å². The van der Waals surface area contributed by atoms with Gasteiger partial charge in [0.25, 0.3) is 0 Å². The van der Waals surface area contributed by atoms with Crippen molar-refractivity contribution in [1.82, 2.24) is 16.0 Å². The topological polar surface area (TPSA) is 297 Å². The predicted octanol–water partition coefficient (Wildman–Crippen LogP) is 3.92. The summed E-state index contributed by atoms with van der Waals surface area (Å²) in [5.74, 6) is -1.71. The Morgan fingerprint density at radius 1 is 0.596 bits per heavy atom. The predicted molar refractivity (Wildman–Crippen MR) is 190 cm³/mol. The van der Waals surface area contributed by atoms with Gasteiger partial charge in [-0.05, 0) is 69.5 Å². The van der Waals surface area contributed by atoms with E-state index < -0.39 is 35.4 Å². The molecular weight excluding hydrogens is 684 g/mol. The van der Waals surface area contributed by atoms with Crippen LogP contribution in [0.1, 0.15) is 78.6 Å². The molecule has 3 amide bonds. The number of nitrogens with zero attached hydrogens (tertiary/aromatic N) is 9. The maximum absolute atomic E-state index is 13.3. The molecule has 0 aliphatic heterocycles. The Bertz CT molecular complexity index is 1170. The average molecular weight is 741 g/mol. The number of esters is 1. The summed E-state index contributed by atoms with van der Waals surface area (Å²) < 4.78 is 27.0. The highest BCUT2D eigenvalue weighted by molar-refractivity contribution is 5.92. The van der Waals surface area contributed by atoms with Crippen LogP contribution in [0.25, 0.3) is 31.3 Å². The number of amides is 3. The minimum atomic E-state index is -0.950. The molecule has 3 N–H and O–H groups in total. The molecule has 0 spiro atoms. The summed E-state index contributed by atoms with van der Waals surface area (Å²) in [5.41, 5.74) is 24.9. The molecule has 0 aliphatic carbocycles. The first-order valence-corrected chi connectivity index (χ1v) is 17.5. The number of ether oxygens (including phenoxy) is 5. The Hall–Kier alpha value is -4.35. The van der Waals surface area contributed by atoms with Crippen molar-refractivity contribution in [2.75, 3.05) is 79.0 Å². The molecule has 52 heavy (non-hydrogen) atoms. The van der Waals surface area contributed by atoms with Crippen LogP contribution in [-0.2, 0) is 42.9 Å². The molecule has 0 aromatic carbocycles. The number of carbonyl (C=O) groups is 4. The van der Waals surface area contributed by atoms with Gasteiger partial charge in [-0.1, -0.05) is 28.2 Å². The second-order valence-corrected chi connectivity index (χ2v) is 12.2. The minimum absolute atomic E-state index is 0.0407. The monoisotopic (exact) mass is 740 g/mol. The Labute approximate surface area is 304 Å². The van der Waals surface area contributed by atoms with E-state index in [1.165, 1.54) is 0 Å². The van der Waals surface area contributed by atoms with Crippen LogP contribution in [-0.4, -0.2) is 120 Å². The molecular formula is C31H56N12O9. The molecule has 0 aromatic heterocycles. The van der Waals surface area contributed by atoms with Crippen LogP contribution < -0.4 is 16.0 Å². The molecule has 294 valence electrons. The van der Waals surface area contributed by atoms with Gasteiger partial charge in [-0.2, -0.15) is 0 Å². The van der Waals surface area contributed by atoms with Crippen LogP contribution in [0.3, 0.4) is 0 Å². The van der Waals surface area contributed by atoms with Gasteiger partial charge in [-0.25, -0.2) is 0 Å². The fraction of sp³-hybridized carbons (Fsp3) is 0.871. The lowest BCUT2D eigenvalue weighted by atomic mass is 10.1. The van der Waals surface area contributed by atoms with Crippen LogP contribution in [0, 0.1) is 0 Å². The van der Waals surface area contributed by atoms with E-state index in [1.807, 2.05) is 20.8 Å². The molecule has 0 radical (unpaired) electrons. The number of azide groups is 3. The molecule has 0 bridgehead atoms. The van der Waals surface area contributed by atoms with Gasteiger partial charge in [0, 0.05) is 47.3 Å². The summed E-state index contributed by atoms with van der Waals surface area (Å²) >= 11 is 0. The van der Waals surface area contributed by atoms with Gasteiger partial charge in [0.1, 0.15) is 17.7 Å². The van der Waals surface area contributed by atoms with Crippen LogP contribution in [0.4, 0.5) is 0 Å². The van der Waals surface area contributed by atoms with Crippen molar-refractivity contribution in [2.24, 2.45) is 15.3 Å². The summed E-state index contributed by atoms with van der Waals surface area (Å²) in [7, 11) is 0. The van der Waals surface area contributed by atoms with E-state index >= 15 is 0 Å². The highest BCUT2D eigenvalue weighted by atomic mass is 16.6. The summed E-state index contributed by atoms with van der Waals surface area (Å²) in [6.07, 6.45) is 2.99. The number of unbranched alkanes of at least 4 members (excludes halogenated alkanes) is 2. The van der Waals surface area contributed by atoms with Gasteiger partial charge in [0.2, 0.25) is 17.7 Å². The van der Waals surface area contributed by atoms with Crippen molar-refractivity contribution in [2.45, 2.75) is 96.2 Å². The third-order valence-electron chi connectivity index (χ3n) is 6.67. The van der Waals surface area contributed by atoms with Gasteiger partial charge >= 0.3 is 5.97 Å². The van der Waals surface area contributed by atoms with Gasteiger partial charge in [0.15, 0.2) is 0 Å². The summed E-state index contributed by atoms with van der Waals surface area (Å²) in [6, 6.07) is -1.88. The number of hydrogen-bond acceptors (Lipinski definition) is 12. The lowest BCUT2D eigenvalue weighted by molar-refractivity contribution is -0.156. The first-order valence-electron chi connectivity index (χ1n) is 17.5. The first kappa shape index (κ1) is 47.7. The van der Waals surface area contributed by atoms with Gasteiger partial charge in [0.05, 0.1) is 59.3 Å². The van der Waals surface area contributed by atoms with E-state index in [0.717, 1.165) is 0 Å². The SMILES string of the molecule is CC(C)(C)OC(=O)CCOCCOCCOCCOCCNC(=O)[C@H](CCCCN=[N+]=[N-])NC(=O)[C@H](CCCCN=[N+]=[N-])NC(=O)CCCN=[N+]=[N-]. The molecule has 0 saturated carbocycles. The van der Waals surface area contributed by atoms with Gasteiger partial charge in [-0.15, -0.1) is 0 Å². The number of rotatable bonds is 33. The maximum Gasteiger partial charge on any atom is 0.308 e. The van der Waals surface area contributed by atoms with E-state index in [0.29, 0.717) is 65.1 Å². The molecule has 0 unspecified atom stereocenters. The van der Waals surface area contributed by atoms with Crippen LogP contribution in [0.5, 0.6) is 0 Å². The zero-order valence-electron chi connectivity index (χ0n) is 30.7. The Morgan fingerprint density at radius 3 is 1.56 bits per heavy atom. The number of hydrogen-bond donors (Lipinski definition) is 3. The maximum atomic E-state index is 13.3. The molecule has 21 nitrogen and oxygen atoms in total. The quantitative estimate of drug-likeness (QED) is 0.0288. The third-order valence-corrected chi connectivity index (χ3v) is 6.67. The Morgan fingerprint density at radius 2 is 1.06 bits per heavy atom. The van der Waals surface area contributed by atoms with Crippen molar-refractivity contribution in [1.29, 1.82) is 0 Å². The fourth-order valence-electron chi connectivity index (χ4n) is 4.26. The lowest BCUT2D eigenvalue weighted by Gasteiger charge is -2.23. The van der Waals surface area contributed by atoms with Crippen molar-refractivity contribution in [3.8, 4) is 0 Å². The van der Waals surface area contributed by atoms with Crippen molar-refractivity contribution >= 4 is 23.7 Å². The third kappa shape index (κ3) is 30.5. The zero-order chi connectivity index (χ0) is 38.7. The van der Waals surface area contributed by atoms with Crippen LogP contribution in [0.15, 0.2) is 15.3 Å². The number of nitrogens with one attached hydrogen (secondary N) is 3. The molecule has 2 atom stereocenters. The Balaban J connectivity index is 4.61. The highest BCUT2D eigenvalue weighted by Gasteiger charge is 2.26. The second kappa shape index (κ2) is 32.6. The zero-order valence-corrected chi connectivity index (χ0v) is 30.7. The summed E-state index contributed by atoms with van der Waals surface area (Å²) in [4.78, 5) is 58.6. The van der Waals surface area contributed by atoms with E-state index in [2.05, 4.69) is 46.0 Å². The van der Waals surface area contributed by atoms with E-state index in [-0.39, 0.29) is 77.7 Å². The van der Waals surface area contributed by atoms with Crippen LogP contribution >= 0.6 is 0 Å². The van der Waals surface area contributed by atoms with E-state index in [4.69, 9.17) is 40.3 Å². The molecule has 0 aliphatic rings. The molecule has 0 saturated heterocycles. The van der Waals surface area contributed by atoms with E-state index in [9.17, 15) is 19.2 Å². The Kier molecular flexibility index (Phi) is 29.8. The molecule has 0 heterocycles. The minimum Gasteiger partial charge on any atom is -0.460 e. The normalized spacial score (nSPS) is 11.9. The fourth-order valence-corrected chi connectivity index (χ4v) is 4.26. The van der Waals surface area contributed by atoms with Crippen molar-refractivity contribution in [3.63, 3.8) is 0 Å². The molecule has 0 rings (SSSR count).